The van der Waals surface area contributed by atoms with Crippen molar-refractivity contribution in [2.75, 3.05) is 39.8 Å². The summed E-state index contributed by atoms with van der Waals surface area (Å²) in [6.45, 7) is 6.33. The molecule has 0 unspecified atom stereocenters. The summed E-state index contributed by atoms with van der Waals surface area (Å²) in [7, 11) is 1.35. The first kappa shape index (κ1) is 71.8. The maximum Gasteiger partial charge on any atom is 0.326 e. The highest BCUT2D eigenvalue weighted by Gasteiger charge is 2.52. The maximum atomic E-state index is 15.2. The van der Waals surface area contributed by atoms with Crippen molar-refractivity contribution >= 4 is 75.9 Å². The number of carbonyl (C=O) groups is 10. The van der Waals surface area contributed by atoms with E-state index in [1.165, 1.54) is 11.9 Å². The number of aliphatic carboxylic acids is 1. The van der Waals surface area contributed by atoms with Crippen LogP contribution < -0.4 is 54.8 Å². The number of rotatable bonds is 33. The third-order valence-electron chi connectivity index (χ3n) is 17.8. The molecule has 3 fully saturated rings. The van der Waals surface area contributed by atoms with Crippen molar-refractivity contribution in [2.24, 2.45) is 45.7 Å². The van der Waals surface area contributed by atoms with Crippen LogP contribution >= 0.6 is 0 Å². The number of likely N-dealkylation sites (tertiary alicyclic amines) is 2. The molecule has 26 heteroatoms. The normalized spacial score (nSPS) is 19.7. The number of nitrogens with one attached hydrogen (secondary N) is 6. The van der Waals surface area contributed by atoms with Crippen molar-refractivity contribution in [3.63, 3.8) is 0 Å². The Morgan fingerprint density at radius 2 is 1.35 bits per heavy atom. The lowest BCUT2D eigenvalue weighted by atomic mass is 9.84. The van der Waals surface area contributed by atoms with Gasteiger partial charge in [0.1, 0.15) is 48.3 Å². The molecule has 3 aliphatic rings. The number of carboxylic acids is 1. The molecule has 16 N–H and O–H groups in total. The highest BCUT2D eigenvalue weighted by molar-refractivity contribution is 5.99. The number of nitrogens with two attached hydrogens (primary N) is 4. The van der Waals surface area contributed by atoms with Crippen LogP contribution in [0.3, 0.4) is 0 Å². The van der Waals surface area contributed by atoms with Crippen molar-refractivity contribution in [3.8, 4) is 0 Å². The number of aliphatic hydroxyl groups is 1. The lowest BCUT2D eigenvalue weighted by molar-refractivity contribution is -0.150. The first-order valence-corrected chi connectivity index (χ1v) is 32.0. The summed E-state index contributed by atoms with van der Waals surface area (Å²) >= 11 is 0. The van der Waals surface area contributed by atoms with Crippen molar-refractivity contribution < 1.29 is 58.2 Å². The monoisotopic (exact) mass is 1260 g/mol. The molecular formula is C65H96N14O12. The smallest absolute Gasteiger partial charge is 0.326 e. The van der Waals surface area contributed by atoms with E-state index in [0.717, 1.165) is 34.9 Å². The zero-order chi connectivity index (χ0) is 66.5. The maximum absolute atomic E-state index is 15.2. The van der Waals surface area contributed by atoms with Gasteiger partial charge in [0, 0.05) is 39.0 Å². The van der Waals surface area contributed by atoms with Crippen LogP contribution in [-0.4, -0.2) is 190 Å². The minimum atomic E-state index is -1.66. The molecule has 0 aromatic heterocycles. The topological polar surface area (TPSA) is 409 Å². The summed E-state index contributed by atoms with van der Waals surface area (Å²) in [5, 5.41) is 38.6. The van der Waals surface area contributed by atoms with E-state index in [-0.39, 0.29) is 75.5 Å². The molecule has 498 valence electrons. The lowest BCUT2D eigenvalue weighted by Gasteiger charge is -2.38. The molecule has 91 heavy (non-hydrogen) atoms. The summed E-state index contributed by atoms with van der Waals surface area (Å²) in [4.78, 5) is 150. The van der Waals surface area contributed by atoms with E-state index in [1.807, 2.05) is 50.2 Å². The second-order valence-electron chi connectivity index (χ2n) is 24.9. The highest BCUT2D eigenvalue weighted by Crippen LogP contribution is 2.41. The third-order valence-corrected chi connectivity index (χ3v) is 17.8. The van der Waals surface area contributed by atoms with Crippen molar-refractivity contribution in [3.05, 3.63) is 83.9 Å². The summed E-state index contributed by atoms with van der Waals surface area (Å²) in [5.41, 5.74) is 24.3. The van der Waals surface area contributed by atoms with E-state index in [2.05, 4.69) is 36.9 Å². The van der Waals surface area contributed by atoms with Gasteiger partial charge in [0.25, 0.3) is 0 Å². The second kappa shape index (κ2) is 34.8. The quantitative estimate of drug-likeness (QED) is 0.0224. The molecule has 26 nitrogen and oxygen atoms in total. The van der Waals surface area contributed by atoms with Gasteiger partial charge in [-0.25, -0.2) is 4.79 Å². The van der Waals surface area contributed by atoms with Gasteiger partial charge in [-0.2, -0.15) is 0 Å². The van der Waals surface area contributed by atoms with Crippen LogP contribution in [0.15, 0.2) is 77.8 Å². The van der Waals surface area contributed by atoms with Gasteiger partial charge in [0.15, 0.2) is 5.96 Å². The number of fused-ring (bicyclic) bond motifs is 2. The highest BCUT2D eigenvalue weighted by atomic mass is 16.4. The van der Waals surface area contributed by atoms with Crippen LogP contribution in [0, 0.1) is 17.8 Å². The average molecular weight is 1270 g/mol. The molecule has 2 heterocycles. The first-order valence-electron chi connectivity index (χ1n) is 32.0. The summed E-state index contributed by atoms with van der Waals surface area (Å²) in [5.74, 6) is -8.07. The van der Waals surface area contributed by atoms with Crippen LogP contribution in [0.4, 0.5) is 0 Å². The SMILES string of the molecule is CC[C@H](C)[C@H](NC(=O)[C@H](Cc1ccc2ccccc2c1)NC(=O)[C@H](CO)NC(=O)[C@H](Cc1ccccc1)N(C)C(=O)CNC(=O)[C@@H]1CCCN1C(=O)[C@@H]1C[C@@H]2CCCC[C@@H]2N1C(=O)[C@H](CCCN=C(N)N)NC(=O)[C@H](CC(C)C)NC(=O)[C@H](N)CCCN)C(=O)O. The number of benzene rings is 3. The number of carboxylic acid groups (broad SMARTS) is 1. The number of aliphatic hydroxyl groups excluding tert-OH is 1. The molecule has 2 saturated heterocycles. The minimum Gasteiger partial charge on any atom is -0.480 e. The van der Waals surface area contributed by atoms with Crippen molar-refractivity contribution in [1.82, 2.24) is 46.6 Å². The molecule has 1 saturated carbocycles. The Morgan fingerprint density at radius 1 is 0.703 bits per heavy atom. The number of hydrogen-bond donors (Lipinski definition) is 12. The largest absolute Gasteiger partial charge is 0.480 e. The van der Waals surface area contributed by atoms with Crippen LogP contribution in [-0.2, 0) is 60.8 Å². The first-order chi connectivity index (χ1) is 43.5. The van der Waals surface area contributed by atoms with Gasteiger partial charge >= 0.3 is 5.97 Å². The molecule has 0 spiro atoms. The predicted octanol–water partition coefficient (Wildman–Crippen LogP) is 0.432. The van der Waals surface area contributed by atoms with Gasteiger partial charge in [0.2, 0.25) is 53.2 Å². The van der Waals surface area contributed by atoms with Gasteiger partial charge in [-0.05, 0) is 110 Å². The number of aliphatic imine (C=N–C) groups is 1. The Hall–Kier alpha value is -8.23. The van der Waals surface area contributed by atoms with Crippen LogP contribution in [0.5, 0.6) is 0 Å². The van der Waals surface area contributed by atoms with Gasteiger partial charge in [-0.3, -0.25) is 48.1 Å². The molecule has 9 amide bonds. The van der Waals surface area contributed by atoms with Gasteiger partial charge in [-0.15, -0.1) is 0 Å². The minimum absolute atomic E-state index is 0.0453. The Balaban J connectivity index is 1.17. The van der Waals surface area contributed by atoms with Gasteiger partial charge in [-0.1, -0.05) is 120 Å². The average Bonchev–Trinajstić information content (AvgIpc) is 1.64. The Morgan fingerprint density at radius 3 is 2.02 bits per heavy atom. The number of guanidine groups is 1. The molecule has 3 aromatic carbocycles. The fourth-order valence-corrected chi connectivity index (χ4v) is 12.5. The molecule has 6 rings (SSSR count). The number of carbonyl (C=O) groups excluding carboxylic acids is 9. The molecule has 0 bridgehead atoms. The molecular weight excluding hydrogens is 1170 g/mol. The summed E-state index contributed by atoms with van der Waals surface area (Å²) < 4.78 is 0. The fraction of sp³-hybridized carbons (Fsp3) is 0.585. The standard InChI is InChI=1S/C65H96N14O12/c1-6-39(4)55(64(90)91)76-58(84)48(33-41-26-27-42-19-10-11-20-43(42)32-41)74-59(85)49(37-80)75-61(87)52(34-40-17-8-7-9-18-40)77(5)54(81)36-71-60(86)51-25-16-30-78(51)63(89)53-35-44-21-12-13-24-50(44)79(53)62(88)46(23-15-29-70-65(68)69)72-57(83)47(31-38(2)3)73-56(82)45(67)22-14-28-66/h7-11,17-20,26-27,32,38-39,44-53,55,80H,6,12-16,21-25,28-31,33-37,66-67H2,1-5H3,(H,71,86)(H,72,83)(H,73,82)(H,74,85)(H,75,87)(H,76,84)(H,90,91)(H4,68,69,70)/t39-,44-,45+,46-,47-,48-,49-,50-,51-,52-,53-,55-/m0/s1. The Kier molecular flexibility index (Phi) is 27.5. The number of nitrogens with zero attached hydrogens (tertiary/aromatic N) is 4. The molecule has 1 aliphatic carbocycles. The van der Waals surface area contributed by atoms with E-state index in [1.54, 1.807) is 55.1 Å². The molecule has 2 aliphatic heterocycles. The summed E-state index contributed by atoms with van der Waals surface area (Å²) in [6, 6.07) is 10.5. The van der Waals surface area contributed by atoms with Crippen molar-refractivity contribution in [1.29, 1.82) is 0 Å². The van der Waals surface area contributed by atoms with Crippen molar-refractivity contribution in [2.45, 2.75) is 184 Å². The van der Waals surface area contributed by atoms with Crippen LogP contribution in [0.2, 0.25) is 0 Å². The number of amides is 9. The molecule has 3 aromatic rings. The van der Waals surface area contributed by atoms with Crippen LogP contribution in [0.25, 0.3) is 10.8 Å². The number of hydrogen-bond acceptors (Lipinski definition) is 14. The third kappa shape index (κ3) is 20.1. The van der Waals surface area contributed by atoms with E-state index in [9.17, 15) is 48.6 Å². The predicted molar refractivity (Wildman–Crippen MR) is 343 cm³/mol. The van der Waals surface area contributed by atoms with E-state index < -0.39 is 133 Å². The molecule has 12 atom stereocenters. The van der Waals surface area contributed by atoms with E-state index in [0.29, 0.717) is 56.2 Å². The van der Waals surface area contributed by atoms with Gasteiger partial charge in [0.05, 0.1) is 19.2 Å². The Labute approximate surface area is 532 Å². The zero-order valence-corrected chi connectivity index (χ0v) is 53.2. The van der Waals surface area contributed by atoms with Gasteiger partial charge < -0.3 is 79.7 Å². The second-order valence-corrected chi connectivity index (χ2v) is 24.9. The lowest BCUT2D eigenvalue weighted by Crippen LogP contribution is -2.60. The summed E-state index contributed by atoms with van der Waals surface area (Å²) in [6.07, 6.45) is 5.70. The van der Waals surface area contributed by atoms with Crippen LogP contribution in [0.1, 0.15) is 122 Å². The number of likely N-dealkylation sites (N-methyl/N-ethyl adjacent to an activating group) is 1. The molecule has 0 radical (unpaired) electrons. The van der Waals surface area contributed by atoms with E-state index >= 15 is 9.59 Å². The zero-order valence-electron chi connectivity index (χ0n) is 53.2. The Bertz CT molecular complexity index is 3040. The van der Waals surface area contributed by atoms with E-state index in [4.69, 9.17) is 22.9 Å². The fourth-order valence-electron chi connectivity index (χ4n) is 12.5.